The molecule has 2 N–H and O–H groups in total. The van der Waals surface area contributed by atoms with Gasteiger partial charge < -0.3 is 24.8 Å². The van der Waals surface area contributed by atoms with Crippen molar-refractivity contribution in [1.29, 1.82) is 0 Å². The van der Waals surface area contributed by atoms with E-state index in [1.807, 2.05) is 12.1 Å². The minimum atomic E-state index is -0.977. The van der Waals surface area contributed by atoms with Crippen molar-refractivity contribution < 1.29 is 29.0 Å². The number of nitrogens with one attached hydrogen (secondary N) is 1. The van der Waals surface area contributed by atoms with Gasteiger partial charge in [0.05, 0.1) is 12.5 Å². The second kappa shape index (κ2) is 7.22. The van der Waals surface area contributed by atoms with Crippen molar-refractivity contribution >= 4 is 17.8 Å². The van der Waals surface area contributed by atoms with Crippen molar-refractivity contribution in [3.05, 3.63) is 59.2 Å². The van der Waals surface area contributed by atoms with Gasteiger partial charge in [0, 0.05) is 18.7 Å². The summed E-state index contributed by atoms with van der Waals surface area (Å²) >= 11 is 0. The van der Waals surface area contributed by atoms with Gasteiger partial charge in [0.25, 0.3) is 5.91 Å². The Kier molecular flexibility index (Phi) is 4.60. The minimum absolute atomic E-state index is 0.0745. The lowest BCUT2D eigenvalue weighted by Crippen LogP contribution is -2.45. The lowest BCUT2D eigenvalue weighted by molar-refractivity contribution is -0.141. The zero-order chi connectivity index (χ0) is 19.7. The van der Waals surface area contributed by atoms with Gasteiger partial charge in [-0.15, -0.1) is 0 Å². The Labute approximate surface area is 160 Å². The van der Waals surface area contributed by atoms with Crippen molar-refractivity contribution in [1.82, 2.24) is 10.2 Å². The molecule has 2 aliphatic rings. The van der Waals surface area contributed by atoms with Crippen LogP contribution in [0.1, 0.15) is 27.4 Å². The number of fused-ring (bicyclic) bond motifs is 2. The first-order valence-corrected chi connectivity index (χ1v) is 8.79. The molecule has 8 nitrogen and oxygen atoms in total. The molecule has 2 aliphatic heterocycles. The van der Waals surface area contributed by atoms with Crippen molar-refractivity contribution in [2.24, 2.45) is 0 Å². The molecule has 1 atom stereocenters. The smallest absolute Gasteiger partial charge is 0.312 e. The first kappa shape index (κ1) is 17.8. The molecule has 0 aliphatic carbocycles. The number of carboxylic acid groups (broad SMARTS) is 1. The Hall–Kier alpha value is -3.55. The van der Waals surface area contributed by atoms with Gasteiger partial charge in [-0.2, -0.15) is 0 Å². The van der Waals surface area contributed by atoms with Gasteiger partial charge in [0.1, 0.15) is 0 Å². The number of carboxylic acids is 1. The first-order chi connectivity index (χ1) is 13.5. The molecule has 8 heteroatoms. The summed E-state index contributed by atoms with van der Waals surface area (Å²) < 4.78 is 10.5. The normalized spacial score (nSPS) is 17.0. The van der Waals surface area contributed by atoms with Gasteiger partial charge in [0.15, 0.2) is 11.5 Å². The second-order valence-corrected chi connectivity index (χ2v) is 6.61. The summed E-state index contributed by atoms with van der Waals surface area (Å²) in [6, 6.07) is 12.0. The molecule has 2 aromatic rings. The second-order valence-electron chi connectivity index (χ2n) is 6.61. The molecule has 0 aromatic heterocycles. The number of hydrogen-bond donors (Lipinski definition) is 2. The average molecular weight is 382 g/mol. The largest absolute Gasteiger partial charge is 0.481 e. The van der Waals surface area contributed by atoms with E-state index in [1.54, 1.807) is 30.3 Å². The van der Waals surface area contributed by atoms with Gasteiger partial charge in [-0.3, -0.25) is 14.4 Å². The highest BCUT2D eigenvalue weighted by molar-refractivity contribution is 5.97. The number of carbonyl (C=O) groups excluding carboxylic acids is 2. The van der Waals surface area contributed by atoms with E-state index in [1.165, 1.54) is 4.90 Å². The topological polar surface area (TPSA) is 105 Å². The van der Waals surface area contributed by atoms with Crippen LogP contribution in [0.15, 0.2) is 42.5 Å². The molecule has 4 rings (SSSR count). The number of nitrogens with zero attached hydrogens (tertiary/aromatic N) is 1. The number of ether oxygens (including phenoxy) is 2. The number of aliphatic carboxylic acids is 1. The molecule has 0 bridgehead atoms. The predicted molar refractivity (Wildman–Crippen MR) is 97.1 cm³/mol. The molecular formula is C20H18N2O6. The van der Waals surface area contributed by atoms with Crippen molar-refractivity contribution in [2.45, 2.75) is 12.5 Å². The summed E-state index contributed by atoms with van der Waals surface area (Å²) in [6.45, 7) is 0.283. The summed E-state index contributed by atoms with van der Waals surface area (Å²) in [6.07, 6.45) is 0. The average Bonchev–Trinajstić information content (AvgIpc) is 3.18. The van der Waals surface area contributed by atoms with Crippen LogP contribution in [0.3, 0.4) is 0 Å². The Morgan fingerprint density at radius 1 is 1.11 bits per heavy atom. The summed E-state index contributed by atoms with van der Waals surface area (Å²) in [5.41, 5.74) is 1.88. The highest BCUT2D eigenvalue weighted by Gasteiger charge is 2.32. The fraction of sp³-hybridized carbons (Fsp3) is 0.250. The van der Waals surface area contributed by atoms with E-state index in [4.69, 9.17) is 9.47 Å². The lowest BCUT2D eigenvalue weighted by atomic mass is 9.90. The summed E-state index contributed by atoms with van der Waals surface area (Å²) in [5, 5.41) is 12.1. The van der Waals surface area contributed by atoms with Crippen LogP contribution in [-0.2, 0) is 16.1 Å². The highest BCUT2D eigenvalue weighted by Crippen LogP contribution is 2.32. The Morgan fingerprint density at radius 3 is 2.71 bits per heavy atom. The molecule has 2 amide bonds. The third-order valence-electron chi connectivity index (χ3n) is 4.88. The van der Waals surface area contributed by atoms with Crippen molar-refractivity contribution in [2.75, 3.05) is 19.9 Å². The van der Waals surface area contributed by atoms with E-state index in [-0.39, 0.29) is 25.8 Å². The van der Waals surface area contributed by atoms with E-state index >= 15 is 0 Å². The van der Waals surface area contributed by atoms with E-state index in [2.05, 4.69) is 5.32 Å². The Balaban J connectivity index is 1.41. The van der Waals surface area contributed by atoms with Crippen molar-refractivity contribution in [3.8, 4) is 11.5 Å². The number of hydrogen-bond acceptors (Lipinski definition) is 5. The van der Waals surface area contributed by atoms with Crippen LogP contribution in [0.4, 0.5) is 0 Å². The quantitative estimate of drug-likeness (QED) is 0.827. The molecule has 28 heavy (non-hydrogen) atoms. The molecule has 2 heterocycles. The number of benzene rings is 2. The molecule has 0 saturated heterocycles. The Morgan fingerprint density at radius 2 is 1.89 bits per heavy atom. The molecule has 1 unspecified atom stereocenters. The zero-order valence-electron chi connectivity index (χ0n) is 14.9. The third-order valence-corrected chi connectivity index (χ3v) is 4.88. The molecular weight excluding hydrogens is 364 g/mol. The summed E-state index contributed by atoms with van der Waals surface area (Å²) in [4.78, 5) is 38.0. The van der Waals surface area contributed by atoms with E-state index in [9.17, 15) is 19.5 Å². The number of amides is 2. The maximum atomic E-state index is 12.6. The molecule has 0 fully saturated rings. The SMILES string of the molecule is O=C(NCC(=O)N1Cc2ccccc2C(C(=O)O)C1)c1ccc2c(c1)OCO2. The predicted octanol–water partition coefficient (Wildman–Crippen LogP) is 1.36. The van der Waals surface area contributed by atoms with Crippen LogP contribution in [-0.4, -0.2) is 47.7 Å². The Bertz CT molecular complexity index is 957. The van der Waals surface area contributed by atoms with Crippen LogP contribution >= 0.6 is 0 Å². The minimum Gasteiger partial charge on any atom is -0.481 e. The van der Waals surface area contributed by atoms with Crippen molar-refractivity contribution in [3.63, 3.8) is 0 Å². The zero-order valence-corrected chi connectivity index (χ0v) is 14.9. The van der Waals surface area contributed by atoms with Crippen LogP contribution in [0.2, 0.25) is 0 Å². The monoisotopic (exact) mass is 382 g/mol. The van der Waals surface area contributed by atoms with E-state index in [0.29, 0.717) is 23.6 Å². The first-order valence-electron chi connectivity index (χ1n) is 8.79. The number of carbonyl (C=O) groups is 3. The maximum absolute atomic E-state index is 12.6. The van der Waals surface area contributed by atoms with Gasteiger partial charge in [0.2, 0.25) is 12.7 Å². The van der Waals surface area contributed by atoms with Crippen LogP contribution < -0.4 is 14.8 Å². The third kappa shape index (κ3) is 3.36. The van der Waals surface area contributed by atoms with Crippen LogP contribution in [0.5, 0.6) is 11.5 Å². The van der Waals surface area contributed by atoms with Crippen LogP contribution in [0, 0.1) is 0 Å². The fourth-order valence-electron chi connectivity index (χ4n) is 3.42. The van der Waals surface area contributed by atoms with E-state index in [0.717, 1.165) is 11.1 Å². The van der Waals surface area contributed by atoms with Gasteiger partial charge in [-0.25, -0.2) is 0 Å². The van der Waals surface area contributed by atoms with Gasteiger partial charge >= 0.3 is 5.97 Å². The number of rotatable bonds is 4. The summed E-state index contributed by atoms with van der Waals surface area (Å²) in [7, 11) is 0. The van der Waals surface area contributed by atoms with Gasteiger partial charge in [-0.05, 0) is 29.3 Å². The fourth-order valence-corrected chi connectivity index (χ4v) is 3.42. The molecule has 0 saturated carbocycles. The standard InChI is InChI=1S/C20H18N2O6/c23-18(8-21-19(24)12-5-6-16-17(7-12)28-11-27-16)22-9-13-3-1-2-4-14(13)15(10-22)20(25)26/h1-7,15H,8-11H2,(H,21,24)(H,25,26). The molecule has 0 spiro atoms. The lowest BCUT2D eigenvalue weighted by Gasteiger charge is -2.32. The van der Waals surface area contributed by atoms with E-state index < -0.39 is 17.8 Å². The summed E-state index contributed by atoms with van der Waals surface area (Å²) in [5.74, 6) is -1.46. The molecule has 144 valence electrons. The van der Waals surface area contributed by atoms with Crippen LogP contribution in [0.25, 0.3) is 0 Å². The highest BCUT2D eigenvalue weighted by atomic mass is 16.7. The van der Waals surface area contributed by atoms with Gasteiger partial charge in [-0.1, -0.05) is 24.3 Å². The maximum Gasteiger partial charge on any atom is 0.312 e. The molecule has 2 aromatic carbocycles. The molecule has 0 radical (unpaired) electrons.